The summed E-state index contributed by atoms with van der Waals surface area (Å²) in [5, 5.41) is 0. The Morgan fingerprint density at radius 1 is 1.42 bits per heavy atom. The van der Waals surface area contributed by atoms with Crippen LogP contribution in [-0.2, 0) is 16.1 Å². The molecule has 0 radical (unpaired) electrons. The van der Waals surface area contributed by atoms with E-state index in [9.17, 15) is 13.6 Å². The highest BCUT2D eigenvalue weighted by Gasteiger charge is 2.20. The van der Waals surface area contributed by atoms with Gasteiger partial charge in [0.25, 0.3) is 0 Å². The molecule has 0 aliphatic carbocycles. The number of esters is 1. The summed E-state index contributed by atoms with van der Waals surface area (Å²) in [5.41, 5.74) is -0.0630. The highest BCUT2D eigenvalue weighted by molar-refractivity contribution is 9.10. The standard InChI is InChI=1S/C13H16BrF2NO2/c1-8(2)17(7-12(18)19-3)6-9-11(15)5-4-10(14)13(9)16/h4-5,8H,6-7H2,1-3H3. The Morgan fingerprint density at radius 2 is 2.05 bits per heavy atom. The van der Waals surface area contributed by atoms with Crippen molar-refractivity contribution >= 4 is 21.9 Å². The van der Waals surface area contributed by atoms with E-state index in [2.05, 4.69) is 20.7 Å². The molecule has 0 saturated carbocycles. The van der Waals surface area contributed by atoms with Gasteiger partial charge in [0.05, 0.1) is 18.1 Å². The molecule has 0 aromatic heterocycles. The monoisotopic (exact) mass is 335 g/mol. The summed E-state index contributed by atoms with van der Waals surface area (Å²) in [6.07, 6.45) is 0. The van der Waals surface area contributed by atoms with E-state index in [1.165, 1.54) is 19.2 Å². The molecule has 0 aliphatic heterocycles. The normalized spacial score (nSPS) is 11.2. The van der Waals surface area contributed by atoms with Gasteiger partial charge in [0.15, 0.2) is 0 Å². The first-order chi connectivity index (χ1) is 8.86. The molecule has 1 aromatic carbocycles. The SMILES string of the molecule is COC(=O)CN(Cc1c(F)ccc(Br)c1F)C(C)C. The lowest BCUT2D eigenvalue weighted by Gasteiger charge is -2.25. The molecule has 6 heteroatoms. The molecule has 106 valence electrons. The lowest BCUT2D eigenvalue weighted by Crippen LogP contribution is -2.36. The van der Waals surface area contributed by atoms with Crippen LogP contribution in [0.25, 0.3) is 0 Å². The molecule has 0 heterocycles. The molecule has 0 bridgehead atoms. The van der Waals surface area contributed by atoms with Crippen LogP contribution in [0.5, 0.6) is 0 Å². The summed E-state index contributed by atoms with van der Waals surface area (Å²) in [6.45, 7) is 3.68. The minimum atomic E-state index is -0.643. The smallest absolute Gasteiger partial charge is 0.319 e. The zero-order valence-electron chi connectivity index (χ0n) is 11.0. The van der Waals surface area contributed by atoms with Gasteiger partial charge in [-0.05, 0) is 41.9 Å². The topological polar surface area (TPSA) is 29.5 Å². The Hall–Kier alpha value is -1.01. The van der Waals surface area contributed by atoms with Crippen molar-refractivity contribution in [1.82, 2.24) is 4.90 Å². The predicted molar refractivity (Wildman–Crippen MR) is 71.6 cm³/mol. The maximum Gasteiger partial charge on any atom is 0.319 e. The first kappa shape index (κ1) is 16.0. The van der Waals surface area contributed by atoms with Crippen molar-refractivity contribution < 1.29 is 18.3 Å². The van der Waals surface area contributed by atoms with Crippen LogP contribution >= 0.6 is 15.9 Å². The average Bonchev–Trinajstić information content (AvgIpc) is 2.37. The van der Waals surface area contributed by atoms with E-state index in [1.54, 1.807) is 4.90 Å². The third kappa shape index (κ3) is 4.24. The number of methoxy groups -OCH3 is 1. The molecule has 19 heavy (non-hydrogen) atoms. The van der Waals surface area contributed by atoms with E-state index in [0.29, 0.717) is 0 Å². The van der Waals surface area contributed by atoms with Crippen molar-refractivity contribution in [1.29, 1.82) is 0 Å². The maximum absolute atomic E-state index is 13.9. The van der Waals surface area contributed by atoms with Crippen LogP contribution in [0.4, 0.5) is 8.78 Å². The maximum atomic E-state index is 13.9. The molecule has 1 rings (SSSR count). The molecular formula is C13H16BrF2NO2. The fourth-order valence-electron chi connectivity index (χ4n) is 1.57. The predicted octanol–water partition coefficient (Wildman–Crippen LogP) is 3.11. The van der Waals surface area contributed by atoms with Crippen molar-refractivity contribution in [2.75, 3.05) is 13.7 Å². The number of benzene rings is 1. The number of hydrogen-bond acceptors (Lipinski definition) is 3. The first-order valence-corrected chi connectivity index (χ1v) is 6.59. The van der Waals surface area contributed by atoms with Gasteiger partial charge in [0.1, 0.15) is 11.6 Å². The lowest BCUT2D eigenvalue weighted by molar-refractivity contribution is -0.142. The van der Waals surface area contributed by atoms with Crippen LogP contribution in [0.2, 0.25) is 0 Å². The molecule has 3 nitrogen and oxygen atoms in total. The molecule has 1 aromatic rings. The van der Waals surface area contributed by atoms with Gasteiger partial charge in [0, 0.05) is 18.2 Å². The van der Waals surface area contributed by atoms with Gasteiger partial charge in [0.2, 0.25) is 0 Å². The zero-order chi connectivity index (χ0) is 14.6. The third-order valence-electron chi connectivity index (χ3n) is 2.79. The van der Waals surface area contributed by atoms with Gasteiger partial charge >= 0.3 is 5.97 Å². The van der Waals surface area contributed by atoms with E-state index in [0.717, 1.165) is 0 Å². The zero-order valence-corrected chi connectivity index (χ0v) is 12.6. The van der Waals surface area contributed by atoms with Crippen LogP contribution in [-0.4, -0.2) is 30.6 Å². The summed E-state index contributed by atoms with van der Waals surface area (Å²) in [7, 11) is 1.28. The van der Waals surface area contributed by atoms with Crippen LogP contribution in [0, 0.1) is 11.6 Å². The van der Waals surface area contributed by atoms with E-state index in [-0.39, 0.29) is 29.2 Å². The quantitative estimate of drug-likeness (QED) is 0.611. The molecule has 0 amide bonds. The number of carbonyl (C=O) groups is 1. The molecule has 0 saturated heterocycles. The summed E-state index contributed by atoms with van der Waals surface area (Å²) >= 11 is 3.02. The summed E-state index contributed by atoms with van der Waals surface area (Å²) in [5.74, 6) is -1.71. The van der Waals surface area contributed by atoms with Crippen LogP contribution in [0.1, 0.15) is 19.4 Å². The van der Waals surface area contributed by atoms with E-state index in [1.807, 2.05) is 13.8 Å². The Morgan fingerprint density at radius 3 is 2.58 bits per heavy atom. The van der Waals surface area contributed by atoms with Gasteiger partial charge in [-0.15, -0.1) is 0 Å². The molecule has 0 fully saturated rings. The molecule has 0 N–H and O–H groups in total. The number of ether oxygens (including phenoxy) is 1. The van der Waals surface area contributed by atoms with Crippen LogP contribution < -0.4 is 0 Å². The highest BCUT2D eigenvalue weighted by atomic mass is 79.9. The highest BCUT2D eigenvalue weighted by Crippen LogP contribution is 2.23. The second-order valence-corrected chi connectivity index (χ2v) is 5.25. The Labute approximate surface area is 119 Å². The van der Waals surface area contributed by atoms with Gasteiger partial charge < -0.3 is 4.74 Å². The van der Waals surface area contributed by atoms with Gasteiger partial charge in [-0.1, -0.05) is 0 Å². The molecule has 0 aliphatic rings. The van der Waals surface area contributed by atoms with Crippen molar-refractivity contribution in [2.24, 2.45) is 0 Å². The Kier molecular flexibility index (Phi) is 5.87. The van der Waals surface area contributed by atoms with Crippen molar-refractivity contribution in [2.45, 2.75) is 26.4 Å². The molecular weight excluding hydrogens is 320 g/mol. The second-order valence-electron chi connectivity index (χ2n) is 4.40. The molecule has 0 spiro atoms. The van der Waals surface area contributed by atoms with Gasteiger partial charge in [-0.3, -0.25) is 9.69 Å². The van der Waals surface area contributed by atoms with Crippen molar-refractivity contribution in [3.05, 3.63) is 33.8 Å². The third-order valence-corrected chi connectivity index (χ3v) is 3.40. The number of carbonyl (C=O) groups excluding carboxylic acids is 1. The minimum Gasteiger partial charge on any atom is -0.468 e. The Balaban J connectivity index is 2.97. The fraction of sp³-hybridized carbons (Fsp3) is 0.462. The number of rotatable bonds is 5. The van der Waals surface area contributed by atoms with E-state index < -0.39 is 17.6 Å². The van der Waals surface area contributed by atoms with Gasteiger partial charge in [-0.2, -0.15) is 0 Å². The minimum absolute atomic E-state index is 0.00384. The van der Waals surface area contributed by atoms with Crippen LogP contribution in [0.15, 0.2) is 16.6 Å². The molecule has 0 unspecified atom stereocenters. The number of nitrogens with zero attached hydrogens (tertiary/aromatic N) is 1. The Bertz CT molecular complexity index is 466. The van der Waals surface area contributed by atoms with Crippen molar-refractivity contribution in [3.8, 4) is 0 Å². The van der Waals surface area contributed by atoms with Crippen LogP contribution in [0.3, 0.4) is 0 Å². The average molecular weight is 336 g/mol. The molecule has 0 atom stereocenters. The van der Waals surface area contributed by atoms with Crippen molar-refractivity contribution in [3.63, 3.8) is 0 Å². The lowest BCUT2D eigenvalue weighted by atomic mass is 10.1. The van der Waals surface area contributed by atoms with E-state index >= 15 is 0 Å². The largest absolute Gasteiger partial charge is 0.468 e. The second kappa shape index (κ2) is 6.96. The summed E-state index contributed by atoms with van der Waals surface area (Å²) in [4.78, 5) is 12.9. The summed E-state index contributed by atoms with van der Waals surface area (Å²) < 4.78 is 32.3. The number of halogens is 3. The van der Waals surface area contributed by atoms with Gasteiger partial charge in [-0.25, -0.2) is 8.78 Å². The summed E-state index contributed by atoms with van der Waals surface area (Å²) in [6, 6.07) is 2.46. The van der Waals surface area contributed by atoms with E-state index in [4.69, 9.17) is 0 Å². The fourth-order valence-corrected chi connectivity index (χ4v) is 1.94. The number of hydrogen-bond donors (Lipinski definition) is 0. The first-order valence-electron chi connectivity index (χ1n) is 5.80.